The van der Waals surface area contributed by atoms with Crippen molar-refractivity contribution in [1.29, 1.82) is 0 Å². The van der Waals surface area contributed by atoms with Crippen molar-refractivity contribution in [3.63, 3.8) is 0 Å². The number of rotatable bonds is 3. The van der Waals surface area contributed by atoms with Crippen molar-refractivity contribution in [2.75, 3.05) is 6.54 Å². The van der Waals surface area contributed by atoms with Gasteiger partial charge in [0, 0.05) is 6.42 Å². The Kier molecular flexibility index (Phi) is 3.69. The Morgan fingerprint density at radius 2 is 2.15 bits per heavy atom. The molecule has 0 spiro atoms. The van der Waals surface area contributed by atoms with Gasteiger partial charge in [0.1, 0.15) is 22.2 Å². The Bertz CT molecular complexity index is 620. The molecule has 102 valence electrons. The lowest BCUT2D eigenvalue weighted by atomic mass is 10.1. The number of nitrogens with zero attached hydrogens (tertiary/aromatic N) is 1. The van der Waals surface area contributed by atoms with E-state index in [0.29, 0.717) is 16.8 Å². The zero-order valence-corrected chi connectivity index (χ0v) is 12.3. The molecule has 1 aliphatic heterocycles. The Balaban J connectivity index is 1.58. The summed E-state index contributed by atoms with van der Waals surface area (Å²) in [5.74, 6) is 0.721. The van der Waals surface area contributed by atoms with Crippen LogP contribution in [0.4, 0.5) is 0 Å². The molecule has 1 amide bonds. The number of carbonyl (C=O) groups is 1. The highest BCUT2D eigenvalue weighted by Crippen LogP contribution is 2.27. The molecule has 1 atom stereocenters. The highest BCUT2D eigenvalue weighted by atomic mass is 79.9. The van der Waals surface area contributed by atoms with Crippen molar-refractivity contribution in [2.45, 2.75) is 12.5 Å². The van der Waals surface area contributed by atoms with Gasteiger partial charge in [0.15, 0.2) is 0 Å². The number of hydrogen-bond acceptors (Lipinski definition) is 3. The van der Waals surface area contributed by atoms with Crippen LogP contribution in [-0.4, -0.2) is 23.5 Å². The van der Waals surface area contributed by atoms with Crippen LogP contribution in [0.5, 0.6) is 5.75 Å². The highest BCUT2D eigenvalue weighted by Gasteiger charge is 2.22. The summed E-state index contributed by atoms with van der Waals surface area (Å²) in [5.41, 5.74) is 1.59. The minimum Gasteiger partial charge on any atom is -0.488 e. The van der Waals surface area contributed by atoms with Crippen molar-refractivity contribution in [3.05, 3.63) is 58.3 Å². The van der Waals surface area contributed by atoms with Crippen molar-refractivity contribution in [2.24, 2.45) is 0 Å². The third kappa shape index (κ3) is 2.82. The van der Waals surface area contributed by atoms with E-state index >= 15 is 0 Å². The second-order valence-electron chi connectivity index (χ2n) is 4.61. The minimum absolute atomic E-state index is 0.0106. The third-order valence-electron chi connectivity index (χ3n) is 3.15. The molecule has 0 aliphatic carbocycles. The van der Waals surface area contributed by atoms with E-state index in [9.17, 15) is 4.79 Å². The lowest BCUT2D eigenvalue weighted by molar-refractivity contribution is 0.0928. The predicted molar refractivity (Wildman–Crippen MR) is 78.8 cm³/mol. The number of ether oxygens (including phenoxy) is 1. The van der Waals surface area contributed by atoms with E-state index in [1.165, 1.54) is 5.56 Å². The third-order valence-corrected chi connectivity index (χ3v) is 3.59. The van der Waals surface area contributed by atoms with Gasteiger partial charge in [0.25, 0.3) is 5.91 Å². The summed E-state index contributed by atoms with van der Waals surface area (Å²) in [6.45, 7) is 0.474. The van der Waals surface area contributed by atoms with E-state index in [4.69, 9.17) is 4.74 Å². The van der Waals surface area contributed by atoms with Crippen LogP contribution in [0.25, 0.3) is 0 Å². The first-order chi connectivity index (χ1) is 9.72. The van der Waals surface area contributed by atoms with Gasteiger partial charge in [-0.1, -0.05) is 24.3 Å². The van der Waals surface area contributed by atoms with Gasteiger partial charge in [0.05, 0.1) is 6.54 Å². The van der Waals surface area contributed by atoms with Crippen molar-refractivity contribution in [3.8, 4) is 5.75 Å². The Labute approximate surface area is 125 Å². The summed E-state index contributed by atoms with van der Waals surface area (Å²) in [6, 6.07) is 13.2. The highest BCUT2D eigenvalue weighted by molar-refractivity contribution is 9.10. The molecule has 5 heteroatoms. The summed E-state index contributed by atoms with van der Waals surface area (Å²) in [6.07, 6.45) is 0.811. The molecule has 20 heavy (non-hydrogen) atoms. The number of pyridine rings is 1. The van der Waals surface area contributed by atoms with Gasteiger partial charge in [-0.15, -0.1) is 0 Å². The summed E-state index contributed by atoms with van der Waals surface area (Å²) in [4.78, 5) is 16.1. The molecule has 3 rings (SSSR count). The first kappa shape index (κ1) is 13.1. The molecule has 4 nitrogen and oxygen atoms in total. The van der Waals surface area contributed by atoms with Gasteiger partial charge >= 0.3 is 0 Å². The molecule has 1 aromatic heterocycles. The largest absolute Gasteiger partial charge is 0.488 e. The van der Waals surface area contributed by atoms with Crippen LogP contribution in [0.2, 0.25) is 0 Å². The zero-order valence-electron chi connectivity index (χ0n) is 10.7. The van der Waals surface area contributed by atoms with Crippen molar-refractivity contribution in [1.82, 2.24) is 10.3 Å². The van der Waals surface area contributed by atoms with E-state index in [-0.39, 0.29) is 12.0 Å². The van der Waals surface area contributed by atoms with Gasteiger partial charge < -0.3 is 10.1 Å². The summed E-state index contributed by atoms with van der Waals surface area (Å²) < 4.78 is 6.42. The van der Waals surface area contributed by atoms with E-state index in [1.807, 2.05) is 24.3 Å². The first-order valence-corrected chi connectivity index (χ1v) is 7.17. The number of aromatic nitrogens is 1. The normalized spacial score (nSPS) is 16.4. The molecule has 0 saturated heterocycles. The lowest BCUT2D eigenvalue weighted by Crippen LogP contribution is -2.34. The fourth-order valence-corrected chi connectivity index (χ4v) is 2.54. The standard InChI is InChI=1S/C15H13BrN2O2/c16-14-7-3-5-12(18-14)15(19)17-9-11-8-10-4-1-2-6-13(10)20-11/h1-7,11H,8-9H2,(H,17,19). The molecule has 0 radical (unpaired) electrons. The molecule has 2 heterocycles. The summed E-state index contributed by atoms with van der Waals surface area (Å²) >= 11 is 3.25. The molecular formula is C15H13BrN2O2. The number of halogens is 1. The monoisotopic (exact) mass is 332 g/mol. The van der Waals surface area contributed by atoms with Crippen LogP contribution in [0.1, 0.15) is 16.1 Å². The van der Waals surface area contributed by atoms with Crippen LogP contribution < -0.4 is 10.1 Å². The molecule has 0 bridgehead atoms. The van der Waals surface area contributed by atoms with E-state index in [1.54, 1.807) is 18.2 Å². The van der Waals surface area contributed by atoms with Crippen molar-refractivity contribution < 1.29 is 9.53 Å². The van der Waals surface area contributed by atoms with Crippen LogP contribution >= 0.6 is 15.9 Å². The zero-order chi connectivity index (χ0) is 13.9. The molecule has 1 aromatic carbocycles. The second kappa shape index (κ2) is 5.63. The minimum atomic E-state index is -0.189. The summed E-state index contributed by atoms with van der Waals surface area (Å²) in [5, 5.41) is 2.86. The van der Waals surface area contributed by atoms with Crippen LogP contribution in [-0.2, 0) is 6.42 Å². The molecule has 2 aromatic rings. The number of fused-ring (bicyclic) bond motifs is 1. The number of nitrogens with one attached hydrogen (secondary N) is 1. The second-order valence-corrected chi connectivity index (χ2v) is 5.42. The van der Waals surface area contributed by atoms with Gasteiger partial charge in [-0.2, -0.15) is 0 Å². The maximum absolute atomic E-state index is 12.0. The van der Waals surface area contributed by atoms with Gasteiger partial charge in [-0.25, -0.2) is 4.98 Å². The number of benzene rings is 1. The molecule has 1 N–H and O–H groups in total. The fraction of sp³-hybridized carbons (Fsp3) is 0.200. The lowest BCUT2D eigenvalue weighted by Gasteiger charge is -2.11. The van der Waals surface area contributed by atoms with Crippen molar-refractivity contribution >= 4 is 21.8 Å². The smallest absolute Gasteiger partial charge is 0.270 e. The molecule has 1 aliphatic rings. The number of carbonyl (C=O) groups excluding carboxylic acids is 1. The molecular weight excluding hydrogens is 320 g/mol. The Morgan fingerprint density at radius 1 is 1.30 bits per heavy atom. The first-order valence-electron chi connectivity index (χ1n) is 6.38. The number of para-hydroxylation sites is 1. The average Bonchev–Trinajstić information content (AvgIpc) is 2.87. The fourth-order valence-electron chi connectivity index (χ4n) is 2.20. The molecule has 0 saturated carbocycles. The van der Waals surface area contributed by atoms with E-state index in [0.717, 1.165) is 12.2 Å². The number of hydrogen-bond donors (Lipinski definition) is 1. The maximum Gasteiger partial charge on any atom is 0.270 e. The quantitative estimate of drug-likeness (QED) is 0.879. The van der Waals surface area contributed by atoms with E-state index < -0.39 is 0 Å². The van der Waals surface area contributed by atoms with E-state index in [2.05, 4.69) is 26.2 Å². The maximum atomic E-state index is 12.0. The predicted octanol–water partition coefficient (Wildman–Crippen LogP) is 2.58. The van der Waals surface area contributed by atoms with Gasteiger partial charge in [0.2, 0.25) is 0 Å². The average molecular weight is 333 g/mol. The Hall–Kier alpha value is -1.88. The van der Waals surface area contributed by atoms with Crippen LogP contribution in [0.15, 0.2) is 47.1 Å². The van der Waals surface area contributed by atoms with Gasteiger partial charge in [-0.3, -0.25) is 4.79 Å². The topological polar surface area (TPSA) is 51.2 Å². The molecule has 0 fully saturated rings. The number of amides is 1. The van der Waals surface area contributed by atoms with Crippen LogP contribution in [0.3, 0.4) is 0 Å². The Morgan fingerprint density at radius 3 is 2.95 bits per heavy atom. The SMILES string of the molecule is O=C(NCC1Cc2ccccc2O1)c1cccc(Br)n1. The van der Waals surface area contributed by atoms with Gasteiger partial charge in [-0.05, 0) is 39.7 Å². The summed E-state index contributed by atoms with van der Waals surface area (Å²) in [7, 11) is 0. The van der Waals surface area contributed by atoms with Crippen LogP contribution in [0, 0.1) is 0 Å². The molecule has 1 unspecified atom stereocenters.